The highest BCUT2D eigenvalue weighted by atomic mass is 16.3. The van der Waals surface area contributed by atoms with E-state index < -0.39 is 0 Å². The second-order valence-electron chi connectivity index (χ2n) is 7.20. The summed E-state index contributed by atoms with van der Waals surface area (Å²) >= 11 is 0. The molecule has 1 aliphatic heterocycles. The molecule has 4 rings (SSSR count). The van der Waals surface area contributed by atoms with Crippen LogP contribution in [0.5, 0.6) is 0 Å². The number of aliphatic hydroxyl groups is 1. The monoisotopic (exact) mass is 351 g/mol. The van der Waals surface area contributed by atoms with Gasteiger partial charge in [-0.3, -0.25) is 0 Å². The van der Waals surface area contributed by atoms with E-state index in [2.05, 4.69) is 58.1 Å². The fourth-order valence-electron chi connectivity index (χ4n) is 3.66. The summed E-state index contributed by atoms with van der Waals surface area (Å²) in [4.78, 5) is 14.6. The molecule has 26 heavy (non-hydrogen) atoms. The minimum absolute atomic E-state index is 0.263. The number of aliphatic hydroxyl groups excluding tert-OH is 1. The Morgan fingerprint density at radius 3 is 2.92 bits per heavy atom. The molecule has 1 fully saturated rings. The number of aryl methyl sites for hydroxylation is 3. The molecule has 3 aromatic rings. The van der Waals surface area contributed by atoms with Gasteiger partial charge in [-0.15, -0.1) is 0 Å². The molecule has 0 amide bonds. The molecule has 6 nitrogen and oxygen atoms in total. The van der Waals surface area contributed by atoms with Crippen molar-refractivity contribution < 1.29 is 5.11 Å². The molecule has 1 aliphatic rings. The maximum atomic E-state index is 9.73. The molecule has 0 unspecified atom stereocenters. The second-order valence-corrected chi connectivity index (χ2v) is 7.20. The highest BCUT2D eigenvalue weighted by Gasteiger charge is 2.21. The molecule has 0 bridgehead atoms. The lowest BCUT2D eigenvalue weighted by molar-refractivity contribution is 0.198. The topological polar surface area (TPSA) is 77.1 Å². The third-order valence-corrected chi connectivity index (χ3v) is 5.21. The SMILES string of the molecule is Cc1cc(CNc2nccc(N3CC[C@H](O)C3)n2)c2[nH]c(C)c(C)c2c1. The highest BCUT2D eigenvalue weighted by Crippen LogP contribution is 2.26. The predicted molar refractivity (Wildman–Crippen MR) is 105 cm³/mol. The molecule has 6 heteroatoms. The van der Waals surface area contributed by atoms with Crippen LogP contribution in [0.3, 0.4) is 0 Å². The van der Waals surface area contributed by atoms with Gasteiger partial charge in [0, 0.05) is 36.9 Å². The van der Waals surface area contributed by atoms with Crippen molar-refractivity contribution in [3.63, 3.8) is 0 Å². The van der Waals surface area contributed by atoms with Crippen molar-refractivity contribution in [3.8, 4) is 0 Å². The summed E-state index contributed by atoms with van der Waals surface area (Å²) in [6.07, 6.45) is 2.30. The van der Waals surface area contributed by atoms with E-state index in [9.17, 15) is 5.11 Å². The average Bonchev–Trinajstić information content (AvgIpc) is 3.18. The van der Waals surface area contributed by atoms with E-state index in [4.69, 9.17) is 0 Å². The Morgan fingerprint density at radius 2 is 2.15 bits per heavy atom. The first-order valence-electron chi connectivity index (χ1n) is 9.09. The van der Waals surface area contributed by atoms with E-state index in [1.165, 1.54) is 33.3 Å². The average molecular weight is 351 g/mol. The largest absolute Gasteiger partial charge is 0.391 e. The van der Waals surface area contributed by atoms with Gasteiger partial charge in [0.2, 0.25) is 5.95 Å². The number of aromatic amines is 1. The van der Waals surface area contributed by atoms with Gasteiger partial charge >= 0.3 is 0 Å². The van der Waals surface area contributed by atoms with Gasteiger partial charge < -0.3 is 20.3 Å². The number of β-amino-alcohol motifs (C(OH)–C–C–N with tert-alkyl or cyclic N) is 1. The van der Waals surface area contributed by atoms with Gasteiger partial charge in [0.05, 0.1) is 11.6 Å². The third kappa shape index (κ3) is 3.12. The van der Waals surface area contributed by atoms with Crippen LogP contribution in [0.4, 0.5) is 11.8 Å². The predicted octanol–water partition coefficient (Wildman–Crippen LogP) is 3.07. The summed E-state index contributed by atoms with van der Waals surface area (Å²) in [5.74, 6) is 1.47. The molecule has 0 aliphatic carbocycles. The fourth-order valence-corrected chi connectivity index (χ4v) is 3.66. The van der Waals surface area contributed by atoms with Gasteiger partial charge in [0.15, 0.2) is 0 Å². The molecule has 1 aromatic carbocycles. The number of hydrogen-bond donors (Lipinski definition) is 3. The summed E-state index contributed by atoms with van der Waals surface area (Å²) in [5, 5.41) is 14.4. The minimum atomic E-state index is -0.263. The summed E-state index contributed by atoms with van der Waals surface area (Å²) < 4.78 is 0. The van der Waals surface area contributed by atoms with Crippen LogP contribution in [0.25, 0.3) is 10.9 Å². The molecule has 0 saturated carbocycles. The quantitative estimate of drug-likeness (QED) is 0.673. The van der Waals surface area contributed by atoms with Gasteiger partial charge in [0.25, 0.3) is 0 Å². The van der Waals surface area contributed by atoms with Crippen molar-refractivity contribution >= 4 is 22.7 Å². The first-order valence-corrected chi connectivity index (χ1v) is 9.09. The van der Waals surface area contributed by atoms with Gasteiger partial charge in [-0.25, -0.2) is 4.98 Å². The lowest BCUT2D eigenvalue weighted by atomic mass is 10.0. The molecule has 0 radical (unpaired) electrons. The Labute approximate surface area is 153 Å². The van der Waals surface area contributed by atoms with Crippen LogP contribution in [0, 0.1) is 20.8 Å². The highest BCUT2D eigenvalue weighted by molar-refractivity contribution is 5.88. The summed E-state index contributed by atoms with van der Waals surface area (Å²) in [6, 6.07) is 6.32. The first kappa shape index (κ1) is 16.8. The smallest absolute Gasteiger partial charge is 0.224 e. The molecule has 2 aromatic heterocycles. The first-order chi connectivity index (χ1) is 12.5. The van der Waals surface area contributed by atoms with E-state index in [0.29, 0.717) is 19.0 Å². The zero-order valence-corrected chi connectivity index (χ0v) is 15.5. The van der Waals surface area contributed by atoms with Crippen LogP contribution in [0.1, 0.15) is 28.8 Å². The van der Waals surface area contributed by atoms with E-state index in [0.717, 1.165) is 18.8 Å². The number of nitrogens with one attached hydrogen (secondary N) is 2. The van der Waals surface area contributed by atoms with Gasteiger partial charge in [-0.05, 0) is 50.5 Å². The fraction of sp³-hybridized carbons (Fsp3) is 0.400. The zero-order chi connectivity index (χ0) is 18.3. The molecule has 136 valence electrons. The van der Waals surface area contributed by atoms with Crippen LogP contribution >= 0.6 is 0 Å². The number of H-pyrrole nitrogens is 1. The number of nitrogens with zero attached hydrogens (tertiary/aromatic N) is 3. The van der Waals surface area contributed by atoms with Crippen molar-refractivity contribution in [2.24, 2.45) is 0 Å². The lowest BCUT2D eigenvalue weighted by Gasteiger charge is -2.17. The summed E-state index contributed by atoms with van der Waals surface area (Å²) in [7, 11) is 0. The molecule has 1 atom stereocenters. The Hall–Kier alpha value is -2.60. The van der Waals surface area contributed by atoms with Crippen molar-refractivity contribution in [2.45, 2.75) is 39.8 Å². The summed E-state index contributed by atoms with van der Waals surface area (Å²) in [6.45, 7) is 8.51. The maximum Gasteiger partial charge on any atom is 0.224 e. The molecule has 1 saturated heterocycles. The van der Waals surface area contributed by atoms with Crippen LogP contribution in [0.2, 0.25) is 0 Å². The van der Waals surface area contributed by atoms with Crippen LogP contribution in [0.15, 0.2) is 24.4 Å². The van der Waals surface area contributed by atoms with Crippen molar-refractivity contribution in [1.29, 1.82) is 0 Å². The van der Waals surface area contributed by atoms with Crippen molar-refractivity contribution in [3.05, 3.63) is 46.8 Å². The van der Waals surface area contributed by atoms with Gasteiger partial charge in [-0.2, -0.15) is 4.98 Å². The Morgan fingerprint density at radius 1 is 1.31 bits per heavy atom. The van der Waals surface area contributed by atoms with Gasteiger partial charge in [0.1, 0.15) is 5.82 Å². The Bertz CT molecular complexity index is 949. The molecular weight excluding hydrogens is 326 g/mol. The van der Waals surface area contributed by atoms with E-state index >= 15 is 0 Å². The third-order valence-electron chi connectivity index (χ3n) is 5.21. The molecule has 3 N–H and O–H groups in total. The molecule has 0 spiro atoms. The van der Waals surface area contributed by atoms with Crippen LogP contribution in [-0.2, 0) is 6.54 Å². The van der Waals surface area contributed by atoms with E-state index in [-0.39, 0.29) is 6.10 Å². The van der Waals surface area contributed by atoms with Crippen LogP contribution < -0.4 is 10.2 Å². The number of anilines is 2. The number of rotatable bonds is 4. The second kappa shape index (κ2) is 6.61. The zero-order valence-electron chi connectivity index (χ0n) is 15.5. The Balaban J connectivity index is 1.56. The number of benzene rings is 1. The molecular formula is C20H25N5O. The number of fused-ring (bicyclic) bond motifs is 1. The maximum absolute atomic E-state index is 9.73. The Kier molecular flexibility index (Phi) is 4.28. The lowest BCUT2D eigenvalue weighted by Crippen LogP contribution is -2.22. The normalized spacial score (nSPS) is 17.2. The minimum Gasteiger partial charge on any atom is -0.391 e. The standard InChI is InChI=1S/C20H25N5O/c1-12-8-15(19-17(9-12)13(2)14(3)23-19)10-22-20-21-6-4-18(24-20)25-7-5-16(26)11-25/h4,6,8-9,16,23,26H,5,7,10-11H2,1-3H3,(H,21,22,24)/t16-/m0/s1. The number of aromatic nitrogens is 3. The summed E-state index contributed by atoms with van der Waals surface area (Å²) in [5.41, 5.74) is 6.14. The van der Waals surface area contributed by atoms with E-state index in [1.54, 1.807) is 6.20 Å². The van der Waals surface area contributed by atoms with Crippen LogP contribution in [-0.4, -0.2) is 39.3 Å². The molecule has 3 heterocycles. The van der Waals surface area contributed by atoms with E-state index in [1.807, 2.05) is 6.07 Å². The number of hydrogen-bond acceptors (Lipinski definition) is 5. The van der Waals surface area contributed by atoms with Gasteiger partial charge in [-0.1, -0.05) is 11.6 Å². The van der Waals surface area contributed by atoms with Crippen molar-refractivity contribution in [1.82, 2.24) is 15.0 Å². The van der Waals surface area contributed by atoms with Crippen molar-refractivity contribution in [2.75, 3.05) is 23.3 Å².